The molecule has 2 fully saturated rings. The number of morpholine rings is 2. The van der Waals surface area contributed by atoms with Crippen molar-refractivity contribution in [1.29, 1.82) is 0 Å². The van der Waals surface area contributed by atoms with Crippen LogP contribution < -0.4 is 0 Å². The molecule has 2 aliphatic rings. The summed E-state index contributed by atoms with van der Waals surface area (Å²) in [6.45, 7) is 5.48. The van der Waals surface area contributed by atoms with Gasteiger partial charge in [0.05, 0.1) is 62.0 Å². The molecule has 0 N–H and O–H groups in total. The van der Waals surface area contributed by atoms with Crippen LogP contribution >= 0.6 is 58.0 Å². The van der Waals surface area contributed by atoms with Crippen molar-refractivity contribution in [2.45, 2.75) is 47.8 Å². The Labute approximate surface area is 502 Å². The molecule has 6 aromatic heterocycles. The molecule has 30 heteroatoms. The first-order valence-corrected chi connectivity index (χ1v) is 28.9. The van der Waals surface area contributed by atoms with E-state index < -0.39 is 72.3 Å². The summed E-state index contributed by atoms with van der Waals surface area (Å²) in [7, 11) is -8.97. The molecule has 16 nitrogen and oxygen atoms in total. The summed E-state index contributed by atoms with van der Waals surface area (Å²) in [6, 6.07) is 18.8. The summed E-state index contributed by atoms with van der Waals surface area (Å²) in [6.07, 6.45) is -7.50. The van der Waals surface area contributed by atoms with Crippen LogP contribution in [-0.2, 0) is 67.8 Å². The normalized spacial score (nSPS) is 14.8. The van der Waals surface area contributed by atoms with Crippen LogP contribution in [0.5, 0.6) is 0 Å². The quantitative estimate of drug-likeness (QED) is 0.0717. The van der Waals surface area contributed by atoms with E-state index in [0.717, 1.165) is 22.3 Å². The molecule has 2 amide bonds. The number of hydrogen-bond donors (Lipinski definition) is 0. The second kappa shape index (κ2) is 24.6. The Morgan fingerprint density at radius 2 is 1.02 bits per heavy atom. The molecule has 8 heterocycles. The van der Waals surface area contributed by atoms with Gasteiger partial charge < -0.3 is 19.3 Å². The summed E-state index contributed by atoms with van der Waals surface area (Å²) in [5.41, 5.74) is -3.31. The first-order chi connectivity index (χ1) is 38.2. The molecule has 0 radical (unpaired) electrons. The molecular formula is C52H41Cl5F6N8O8S2Zn. The third kappa shape index (κ3) is 12.4. The van der Waals surface area contributed by atoms with Crippen LogP contribution in [0.1, 0.15) is 71.4 Å². The summed E-state index contributed by atoms with van der Waals surface area (Å²) >= 11 is 33.0. The van der Waals surface area contributed by atoms with Crippen molar-refractivity contribution in [1.82, 2.24) is 37.7 Å². The van der Waals surface area contributed by atoms with Crippen molar-refractivity contribution < 1.29 is 81.7 Å². The molecule has 0 spiro atoms. The second-order valence-corrected chi connectivity index (χ2v) is 23.8. The predicted molar refractivity (Wildman–Crippen MR) is 289 cm³/mol. The Morgan fingerprint density at radius 1 is 0.610 bits per heavy atom. The topological polar surface area (TPSA) is 189 Å². The number of halogens is 11. The molecule has 2 saturated heterocycles. The van der Waals surface area contributed by atoms with Crippen LogP contribution in [0.15, 0.2) is 107 Å². The number of rotatable bonds is 10. The maximum absolute atomic E-state index is 13.9. The first kappa shape index (κ1) is 62.6. The first-order valence-electron chi connectivity index (χ1n) is 24.1. The Hall–Kier alpha value is -5.47. The van der Waals surface area contributed by atoms with E-state index >= 15 is 0 Å². The summed E-state index contributed by atoms with van der Waals surface area (Å²) in [5.74, 6) is -0.958. The van der Waals surface area contributed by atoms with E-state index in [-0.39, 0.29) is 112 Å². The zero-order chi connectivity index (χ0) is 58.5. The molecule has 1 atom stereocenters. The number of nitrogens with zero attached hydrogens (tertiary/aromatic N) is 8. The Balaban J connectivity index is 0.000000212. The fourth-order valence-electron chi connectivity index (χ4n) is 9.03. The van der Waals surface area contributed by atoms with Gasteiger partial charge in [-0.25, -0.2) is 44.7 Å². The Bertz CT molecular complexity index is 4000. The number of ether oxygens (including phenoxy) is 2. The maximum atomic E-state index is 13.9. The monoisotopic (exact) mass is 1320 g/mol. The molecule has 0 saturated carbocycles. The molecule has 8 aromatic rings. The number of aryl methyl sites for hydroxylation is 2. The average Bonchev–Trinajstić information content (AvgIpc) is 3.75. The average molecular weight is 1330 g/mol. The van der Waals surface area contributed by atoms with E-state index in [0.29, 0.717) is 56.6 Å². The summed E-state index contributed by atoms with van der Waals surface area (Å²) in [4.78, 5) is 44.6. The molecule has 0 aliphatic carbocycles. The van der Waals surface area contributed by atoms with E-state index in [1.807, 2.05) is 0 Å². The number of amides is 2. The van der Waals surface area contributed by atoms with E-state index in [1.165, 1.54) is 90.5 Å². The molecule has 82 heavy (non-hydrogen) atoms. The molecule has 10 rings (SSSR count). The van der Waals surface area contributed by atoms with E-state index in [4.69, 9.17) is 67.5 Å². The fraction of sp³-hybridized carbons (Fsp3) is 0.269. The molecule has 0 bridgehead atoms. The Morgan fingerprint density at radius 3 is 1.49 bits per heavy atom. The Kier molecular flexibility index (Phi) is 18.8. The molecule has 428 valence electrons. The minimum Gasteiger partial charge on any atom is -0.378 e. The number of hydrogen-bond acceptors (Lipinski definition) is 12. The molecule has 2 aliphatic heterocycles. The van der Waals surface area contributed by atoms with Crippen LogP contribution in [-0.4, -0.2) is 119 Å². The van der Waals surface area contributed by atoms with Gasteiger partial charge in [-0.15, -0.1) is 11.6 Å². The molecule has 2 aromatic carbocycles. The number of fused-ring (bicyclic) bond motifs is 2. The SMILES string of the molecule is Cc1cc(C(F)(F)F)nc2c1cc(C(Cl)c1c(Cl)cnc(C(=O)N3CCOCC3)c1Cl)n2S(=O)(=O)c1ccccc1.Cc1cc(C(F)(F)F)nc2c1cc(Cc1c(Cl)cnc(C(=O)N3CCOCC3)c1Cl)n2S(=O)(=O)c1ccccc1.[Zn]. The van der Waals surface area contributed by atoms with E-state index in [9.17, 15) is 52.8 Å². The van der Waals surface area contributed by atoms with Gasteiger partial charge in [-0.2, -0.15) is 26.3 Å². The number of carbonyl (C=O) groups is 2. The number of pyridine rings is 4. The zero-order valence-electron chi connectivity index (χ0n) is 42.7. The van der Waals surface area contributed by atoms with Gasteiger partial charge in [0.25, 0.3) is 31.9 Å². The largest absolute Gasteiger partial charge is 0.433 e. The van der Waals surface area contributed by atoms with Crippen LogP contribution in [0.4, 0.5) is 26.3 Å². The van der Waals surface area contributed by atoms with Gasteiger partial charge in [0.1, 0.15) is 28.2 Å². The minimum absolute atomic E-state index is 0. The van der Waals surface area contributed by atoms with Crippen LogP contribution in [0, 0.1) is 13.8 Å². The van der Waals surface area contributed by atoms with Crippen molar-refractivity contribution in [2.75, 3.05) is 52.6 Å². The second-order valence-electron chi connectivity index (χ2n) is 18.3. The zero-order valence-corrected chi connectivity index (χ0v) is 51.1. The summed E-state index contributed by atoms with van der Waals surface area (Å²) in [5, 5.41) is -1.46. The maximum Gasteiger partial charge on any atom is 0.433 e. The van der Waals surface area contributed by atoms with Crippen LogP contribution in [0.2, 0.25) is 20.1 Å². The summed E-state index contributed by atoms with van der Waals surface area (Å²) < 4.78 is 150. The van der Waals surface area contributed by atoms with Crippen LogP contribution in [0.3, 0.4) is 0 Å². The standard InChI is InChI=1S/C26H20Cl3F3N4O4S.C26H21Cl2F3N4O4S.Zn/c1-14-11-19(26(30,31)32)34-24-16(14)12-18(36(24)41(38,39)15-5-3-2-4-6-15)21(28)20-17(27)13-33-23(22(20)29)25(37)35-7-9-40-10-8-35;1-15-11-21(26(29,30)31)33-24-18(15)12-16(35(24)40(37,38)17-5-3-2-4-6-17)13-19-20(27)14-32-23(22(19)28)25(36)34-7-9-39-10-8-34;/h2-6,11-13,21H,7-10H2,1H3;2-6,11-12,14H,7-10,13H2,1H3;. The van der Waals surface area contributed by atoms with Gasteiger partial charge in [-0.05, 0) is 79.1 Å². The van der Waals surface area contributed by atoms with Crippen LogP contribution in [0.25, 0.3) is 22.1 Å². The van der Waals surface area contributed by atoms with Crippen molar-refractivity contribution in [3.05, 3.63) is 174 Å². The number of benzene rings is 2. The van der Waals surface area contributed by atoms with Crippen molar-refractivity contribution in [2.24, 2.45) is 0 Å². The third-order valence-corrected chi connectivity index (χ3v) is 18.4. The van der Waals surface area contributed by atoms with Crippen molar-refractivity contribution >= 4 is 112 Å². The van der Waals surface area contributed by atoms with Crippen molar-refractivity contribution in [3.8, 4) is 0 Å². The number of alkyl halides is 7. The molecule has 1 unspecified atom stereocenters. The van der Waals surface area contributed by atoms with Gasteiger partial charge in [-0.3, -0.25) is 9.59 Å². The van der Waals surface area contributed by atoms with Gasteiger partial charge >= 0.3 is 12.4 Å². The van der Waals surface area contributed by atoms with Gasteiger partial charge in [0, 0.05) is 86.5 Å². The number of aromatic nitrogens is 6. The third-order valence-electron chi connectivity index (χ3n) is 13.1. The number of carbonyl (C=O) groups excluding carboxylic acids is 2. The smallest absolute Gasteiger partial charge is 0.378 e. The van der Waals surface area contributed by atoms with Crippen molar-refractivity contribution in [3.63, 3.8) is 0 Å². The fourth-order valence-corrected chi connectivity index (χ4v) is 13.8. The van der Waals surface area contributed by atoms with E-state index in [1.54, 1.807) is 12.1 Å². The molecular weight excluding hydrogens is 1290 g/mol. The predicted octanol–water partition coefficient (Wildman–Crippen LogP) is 11.5. The van der Waals surface area contributed by atoms with Gasteiger partial charge in [-0.1, -0.05) is 82.8 Å². The van der Waals surface area contributed by atoms with E-state index in [2.05, 4.69) is 19.9 Å². The minimum atomic E-state index is -4.85. The van der Waals surface area contributed by atoms with Gasteiger partial charge in [0.15, 0.2) is 11.3 Å². The van der Waals surface area contributed by atoms with Gasteiger partial charge in [0.2, 0.25) is 0 Å².